The standard InChI is InChI=1S/C16H21N5O4/c1-19-13-12(14(23)18-16(19)24)21-8-10(22)7-20(15(21)17-13)9-4-3-5-11(6-9)25-2/h3-6,10,12-13,15,17,22H,7-8H2,1-2H3,(H,18,23,24). The van der Waals surface area contributed by atoms with Gasteiger partial charge in [-0.2, -0.15) is 0 Å². The minimum absolute atomic E-state index is 0.301. The maximum atomic E-state index is 12.4. The van der Waals surface area contributed by atoms with E-state index in [4.69, 9.17) is 4.74 Å². The first-order chi connectivity index (χ1) is 12.0. The number of rotatable bonds is 2. The van der Waals surface area contributed by atoms with Gasteiger partial charge in [-0.05, 0) is 12.1 Å². The Hall–Kier alpha value is -2.36. The molecule has 4 atom stereocenters. The third-order valence-corrected chi connectivity index (χ3v) is 5.04. The molecule has 0 aromatic heterocycles. The lowest BCUT2D eigenvalue weighted by atomic mass is 10.1. The summed E-state index contributed by atoms with van der Waals surface area (Å²) in [5.74, 6) is 0.368. The summed E-state index contributed by atoms with van der Waals surface area (Å²) in [6.45, 7) is 0.773. The van der Waals surface area contributed by atoms with Crippen LogP contribution in [0.15, 0.2) is 24.3 Å². The molecule has 25 heavy (non-hydrogen) atoms. The van der Waals surface area contributed by atoms with E-state index in [1.807, 2.05) is 34.1 Å². The largest absolute Gasteiger partial charge is 0.497 e. The number of nitrogens with zero attached hydrogens (tertiary/aromatic N) is 3. The third kappa shape index (κ3) is 2.51. The Bertz CT molecular complexity index is 714. The maximum Gasteiger partial charge on any atom is 0.325 e. The Morgan fingerprint density at radius 3 is 2.84 bits per heavy atom. The van der Waals surface area contributed by atoms with Crippen molar-refractivity contribution in [1.29, 1.82) is 0 Å². The lowest BCUT2D eigenvalue weighted by Crippen LogP contribution is -2.66. The molecule has 1 aromatic rings. The van der Waals surface area contributed by atoms with Gasteiger partial charge in [0.1, 0.15) is 24.2 Å². The molecule has 134 valence electrons. The Labute approximate surface area is 145 Å². The van der Waals surface area contributed by atoms with Crippen LogP contribution in [0.3, 0.4) is 0 Å². The van der Waals surface area contributed by atoms with Gasteiger partial charge < -0.3 is 19.6 Å². The summed E-state index contributed by atoms with van der Waals surface area (Å²) in [5, 5.41) is 16.1. The lowest BCUT2D eigenvalue weighted by molar-refractivity contribution is -0.128. The van der Waals surface area contributed by atoms with Crippen molar-refractivity contribution >= 4 is 17.6 Å². The molecule has 3 aliphatic heterocycles. The van der Waals surface area contributed by atoms with Crippen LogP contribution < -0.4 is 20.3 Å². The van der Waals surface area contributed by atoms with Crippen molar-refractivity contribution in [2.75, 3.05) is 32.1 Å². The molecule has 3 aliphatic rings. The summed E-state index contributed by atoms with van der Waals surface area (Å²) in [6, 6.07) is 6.57. The third-order valence-electron chi connectivity index (χ3n) is 5.04. The molecule has 3 amide bonds. The SMILES string of the molecule is COc1cccc(N2CC(O)CN3C4C(=O)NC(=O)N(C)C4NC23)c1. The second-order valence-electron chi connectivity index (χ2n) is 6.54. The minimum Gasteiger partial charge on any atom is -0.497 e. The zero-order chi connectivity index (χ0) is 17.7. The van der Waals surface area contributed by atoms with Gasteiger partial charge in [0.15, 0.2) is 0 Å². The summed E-state index contributed by atoms with van der Waals surface area (Å²) in [7, 11) is 3.25. The van der Waals surface area contributed by atoms with Crippen molar-refractivity contribution in [1.82, 2.24) is 20.4 Å². The molecule has 4 unspecified atom stereocenters. The molecule has 0 bridgehead atoms. The second-order valence-corrected chi connectivity index (χ2v) is 6.54. The first-order valence-electron chi connectivity index (χ1n) is 8.18. The van der Waals surface area contributed by atoms with E-state index in [0.29, 0.717) is 18.8 Å². The van der Waals surface area contributed by atoms with E-state index >= 15 is 0 Å². The monoisotopic (exact) mass is 347 g/mol. The number of aliphatic hydroxyl groups is 1. The molecule has 0 aliphatic carbocycles. The number of fused-ring (bicyclic) bond motifs is 3. The molecular weight excluding hydrogens is 326 g/mol. The highest BCUT2D eigenvalue weighted by Gasteiger charge is 2.54. The van der Waals surface area contributed by atoms with Crippen LogP contribution in [-0.4, -0.2) is 78.7 Å². The second kappa shape index (κ2) is 5.87. The minimum atomic E-state index is -0.612. The van der Waals surface area contributed by atoms with E-state index in [2.05, 4.69) is 10.6 Å². The summed E-state index contributed by atoms with van der Waals surface area (Å²) in [4.78, 5) is 29.7. The van der Waals surface area contributed by atoms with Crippen LogP contribution in [0.5, 0.6) is 5.75 Å². The number of urea groups is 1. The van der Waals surface area contributed by atoms with Crippen LogP contribution in [0.4, 0.5) is 10.5 Å². The van der Waals surface area contributed by atoms with Gasteiger partial charge in [-0.3, -0.25) is 20.3 Å². The predicted octanol–water partition coefficient (Wildman–Crippen LogP) is -1.06. The summed E-state index contributed by atoms with van der Waals surface area (Å²) in [6.07, 6.45) is -1.35. The van der Waals surface area contributed by atoms with E-state index < -0.39 is 24.3 Å². The van der Waals surface area contributed by atoms with E-state index in [1.54, 1.807) is 14.2 Å². The van der Waals surface area contributed by atoms with Crippen molar-refractivity contribution in [3.63, 3.8) is 0 Å². The number of aliphatic hydroxyl groups excluding tert-OH is 1. The number of amides is 3. The van der Waals surface area contributed by atoms with Crippen LogP contribution in [0, 0.1) is 0 Å². The number of hydrogen-bond acceptors (Lipinski definition) is 7. The zero-order valence-electron chi connectivity index (χ0n) is 14.0. The highest BCUT2D eigenvalue weighted by Crippen LogP contribution is 2.32. The topological polar surface area (TPSA) is 97.4 Å². The highest BCUT2D eigenvalue weighted by atomic mass is 16.5. The molecule has 4 rings (SSSR count). The Balaban J connectivity index is 1.69. The molecule has 0 spiro atoms. The van der Waals surface area contributed by atoms with E-state index in [9.17, 15) is 14.7 Å². The van der Waals surface area contributed by atoms with Crippen molar-refractivity contribution in [2.24, 2.45) is 0 Å². The van der Waals surface area contributed by atoms with E-state index in [-0.39, 0.29) is 12.2 Å². The molecule has 0 radical (unpaired) electrons. The summed E-state index contributed by atoms with van der Waals surface area (Å²) in [5.41, 5.74) is 0.869. The van der Waals surface area contributed by atoms with Crippen molar-refractivity contribution in [3.8, 4) is 5.75 Å². The molecule has 0 saturated carbocycles. The van der Waals surface area contributed by atoms with Gasteiger partial charge in [-0.1, -0.05) is 6.07 Å². The van der Waals surface area contributed by atoms with Gasteiger partial charge in [0.25, 0.3) is 0 Å². The van der Waals surface area contributed by atoms with Gasteiger partial charge >= 0.3 is 6.03 Å². The average Bonchev–Trinajstić information content (AvgIpc) is 2.99. The molecular formula is C16H21N5O4. The zero-order valence-corrected chi connectivity index (χ0v) is 14.0. The molecule has 3 heterocycles. The van der Waals surface area contributed by atoms with Gasteiger partial charge in [0.05, 0.1) is 13.2 Å². The molecule has 9 nitrogen and oxygen atoms in total. The normalized spacial score (nSPS) is 32.3. The number of carbonyl (C=O) groups is 2. The van der Waals surface area contributed by atoms with Gasteiger partial charge in [0, 0.05) is 31.9 Å². The number of hydrogen-bond donors (Lipinski definition) is 3. The molecule has 3 saturated heterocycles. The highest BCUT2D eigenvalue weighted by molar-refractivity contribution is 6.00. The van der Waals surface area contributed by atoms with Gasteiger partial charge in [-0.15, -0.1) is 0 Å². The van der Waals surface area contributed by atoms with E-state index in [1.165, 1.54) is 4.90 Å². The van der Waals surface area contributed by atoms with Crippen LogP contribution >= 0.6 is 0 Å². The molecule has 3 N–H and O–H groups in total. The van der Waals surface area contributed by atoms with Crippen molar-refractivity contribution < 1.29 is 19.4 Å². The van der Waals surface area contributed by atoms with Crippen molar-refractivity contribution in [3.05, 3.63) is 24.3 Å². The van der Waals surface area contributed by atoms with Crippen LogP contribution in [-0.2, 0) is 4.79 Å². The fourth-order valence-corrected chi connectivity index (χ4v) is 3.83. The smallest absolute Gasteiger partial charge is 0.325 e. The summed E-state index contributed by atoms with van der Waals surface area (Å²) >= 11 is 0. The Kier molecular flexibility index (Phi) is 3.78. The summed E-state index contributed by atoms with van der Waals surface area (Å²) < 4.78 is 5.29. The lowest BCUT2D eigenvalue weighted by Gasteiger charge is -2.44. The first kappa shape index (κ1) is 16.1. The van der Waals surface area contributed by atoms with E-state index in [0.717, 1.165) is 5.69 Å². The van der Waals surface area contributed by atoms with Gasteiger partial charge in [-0.25, -0.2) is 4.79 Å². The fraction of sp³-hybridized carbons (Fsp3) is 0.500. The predicted molar refractivity (Wildman–Crippen MR) is 88.9 cm³/mol. The maximum absolute atomic E-state index is 12.4. The average molecular weight is 347 g/mol. The number of carbonyl (C=O) groups excluding carboxylic acids is 2. The van der Waals surface area contributed by atoms with Crippen molar-refractivity contribution in [2.45, 2.75) is 24.6 Å². The quantitative estimate of drug-likeness (QED) is 0.627. The van der Waals surface area contributed by atoms with Crippen LogP contribution in [0.25, 0.3) is 0 Å². The fourth-order valence-electron chi connectivity index (χ4n) is 3.83. The molecule has 1 aromatic carbocycles. The number of anilines is 1. The number of benzene rings is 1. The molecule has 3 fully saturated rings. The van der Waals surface area contributed by atoms with Crippen LogP contribution in [0.2, 0.25) is 0 Å². The van der Waals surface area contributed by atoms with Crippen LogP contribution in [0.1, 0.15) is 0 Å². The Morgan fingerprint density at radius 1 is 1.28 bits per heavy atom. The number of β-amino-alcohol motifs (C(OH)–C–C–N with tert-alkyl or cyclic N) is 1. The molecule has 9 heteroatoms. The number of imide groups is 1. The number of methoxy groups -OCH3 is 1. The first-order valence-corrected chi connectivity index (χ1v) is 8.18. The number of likely N-dealkylation sites (N-methyl/N-ethyl adjacent to an activating group) is 1. The number of nitrogens with one attached hydrogen (secondary N) is 2. The number of ether oxygens (including phenoxy) is 1. The Morgan fingerprint density at radius 2 is 2.08 bits per heavy atom. The van der Waals surface area contributed by atoms with Gasteiger partial charge in [0.2, 0.25) is 5.91 Å².